The lowest BCUT2D eigenvalue weighted by Crippen LogP contribution is -1.97. The molecule has 1 aliphatic carbocycles. The summed E-state index contributed by atoms with van der Waals surface area (Å²) in [6.07, 6.45) is 7.33. The van der Waals surface area contributed by atoms with Gasteiger partial charge in [0.05, 0.1) is 0 Å². The van der Waals surface area contributed by atoms with Gasteiger partial charge in [0, 0.05) is 18.6 Å². The van der Waals surface area contributed by atoms with Gasteiger partial charge in [-0.05, 0) is 72.1 Å². The van der Waals surface area contributed by atoms with E-state index in [1.165, 1.54) is 11.1 Å². The molecule has 2 unspecified atom stereocenters. The minimum absolute atomic E-state index is 0.105. The van der Waals surface area contributed by atoms with Crippen molar-refractivity contribution in [3.05, 3.63) is 77.0 Å². The number of rotatable bonds is 4. The Bertz CT molecular complexity index is 891. The van der Waals surface area contributed by atoms with Crippen LogP contribution in [0.15, 0.2) is 48.9 Å². The van der Waals surface area contributed by atoms with Crippen molar-refractivity contribution in [3.8, 4) is 11.5 Å². The smallest absolute Gasteiger partial charge is 0.178 e. The molecule has 2 heterocycles. The van der Waals surface area contributed by atoms with Crippen LogP contribution in [0.3, 0.4) is 0 Å². The minimum Gasteiger partial charge on any atom is -0.253 e. The van der Waals surface area contributed by atoms with E-state index in [2.05, 4.69) is 27.9 Å². The molecule has 0 saturated heterocycles. The molecule has 3 aromatic rings. The number of hydrogen-bond donors (Lipinski definition) is 0. The molecule has 2 aromatic heterocycles. The van der Waals surface area contributed by atoms with Crippen molar-refractivity contribution in [3.63, 3.8) is 0 Å². The fourth-order valence-electron chi connectivity index (χ4n) is 3.49. The molecule has 1 aromatic carbocycles. The standard InChI is InChI=1S/C21H20FN3/c1-3-14-10-19(22)13(2)9-16(14)18-11-17(18)15-5-6-20(25-12-15)21-23-7-4-8-24-21/h4-10,12,17-18H,3,11H2,1-2H3. The van der Waals surface area contributed by atoms with Crippen LogP contribution < -0.4 is 0 Å². The first kappa shape index (κ1) is 15.9. The Morgan fingerprint density at radius 1 is 1.08 bits per heavy atom. The monoisotopic (exact) mass is 333 g/mol. The van der Waals surface area contributed by atoms with E-state index in [-0.39, 0.29) is 5.82 Å². The maximum Gasteiger partial charge on any atom is 0.178 e. The van der Waals surface area contributed by atoms with E-state index in [9.17, 15) is 4.39 Å². The summed E-state index contributed by atoms with van der Waals surface area (Å²) in [5.74, 6) is 1.47. The predicted octanol–water partition coefficient (Wildman–Crippen LogP) is 4.82. The topological polar surface area (TPSA) is 38.7 Å². The number of halogens is 1. The van der Waals surface area contributed by atoms with Gasteiger partial charge < -0.3 is 0 Å². The SMILES string of the molecule is CCc1cc(F)c(C)cc1C1CC1c1ccc(-c2ncccn2)nc1. The molecule has 0 aliphatic heterocycles. The summed E-state index contributed by atoms with van der Waals surface area (Å²) < 4.78 is 13.8. The van der Waals surface area contributed by atoms with Crippen molar-refractivity contribution in [2.45, 2.75) is 38.5 Å². The van der Waals surface area contributed by atoms with Crippen LogP contribution in [0, 0.1) is 12.7 Å². The Morgan fingerprint density at radius 2 is 1.88 bits per heavy atom. The van der Waals surface area contributed by atoms with E-state index < -0.39 is 0 Å². The molecule has 0 radical (unpaired) electrons. The van der Waals surface area contributed by atoms with Crippen molar-refractivity contribution in [2.75, 3.05) is 0 Å². The van der Waals surface area contributed by atoms with Gasteiger partial charge in [0.25, 0.3) is 0 Å². The van der Waals surface area contributed by atoms with E-state index in [0.717, 1.165) is 29.7 Å². The van der Waals surface area contributed by atoms with E-state index in [1.807, 2.05) is 25.3 Å². The summed E-state index contributed by atoms with van der Waals surface area (Å²) in [6, 6.07) is 9.62. The Hall–Kier alpha value is -2.62. The number of pyridine rings is 1. The Morgan fingerprint density at radius 3 is 2.56 bits per heavy atom. The average molecular weight is 333 g/mol. The highest BCUT2D eigenvalue weighted by Gasteiger charge is 2.40. The average Bonchev–Trinajstić information content (AvgIpc) is 3.45. The molecule has 1 fully saturated rings. The van der Waals surface area contributed by atoms with E-state index >= 15 is 0 Å². The quantitative estimate of drug-likeness (QED) is 0.687. The van der Waals surface area contributed by atoms with Crippen molar-refractivity contribution in [1.82, 2.24) is 15.0 Å². The lowest BCUT2D eigenvalue weighted by Gasteiger charge is -2.10. The summed E-state index contributed by atoms with van der Waals surface area (Å²) in [6.45, 7) is 3.92. The fourth-order valence-corrected chi connectivity index (χ4v) is 3.49. The molecule has 3 nitrogen and oxygen atoms in total. The molecule has 0 N–H and O–H groups in total. The van der Waals surface area contributed by atoms with Crippen LogP contribution in [0.4, 0.5) is 4.39 Å². The van der Waals surface area contributed by atoms with Crippen LogP contribution in [-0.2, 0) is 6.42 Å². The molecule has 4 rings (SSSR count). The third-order valence-corrected chi connectivity index (χ3v) is 5.00. The van der Waals surface area contributed by atoms with Gasteiger partial charge in [-0.3, -0.25) is 4.98 Å². The van der Waals surface area contributed by atoms with Gasteiger partial charge in [-0.1, -0.05) is 19.1 Å². The molecule has 25 heavy (non-hydrogen) atoms. The summed E-state index contributed by atoms with van der Waals surface area (Å²) in [5.41, 5.74) is 5.16. The lowest BCUT2D eigenvalue weighted by molar-refractivity contribution is 0.615. The molecule has 0 spiro atoms. The largest absolute Gasteiger partial charge is 0.253 e. The molecule has 1 saturated carbocycles. The highest BCUT2D eigenvalue weighted by Crippen LogP contribution is 2.55. The Labute approximate surface area is 147 Å². The zero-order valence-corrected chi connectivity index (χ0v) is 14.4. The molecule has 4 heteroatoms. The normalized spacial score (nSPS) is 19.0. The Balaban J connectivity index is 1.57. The highest BCUT2D eigenvalue weighted by molar-refractivity contribution is 5.50. The van der Waals surface area contributed by atoms with Gasteiger partial charge in [-0.25, -0.2) is 14.4 Å². The van der Waals surface area contributed by atoms with Crippen LogP contribution in [0.2, 0.25) is 0 Å². The van der Waals surface area contributed by atoms with Crippen molar-refractivity contribution in [2.24, 2.45) is 0 Å². The molecular formula is C21H20FN3. The second-order valence-corrected chi connectivity index (χ2v) is 6.65. The van der Waals surface area contributed by atoms with Gasteiger partial charge in [-0.2, -0.15) is 0 Å². The fraction of sp³-hybridized carbons (Fsp3) is 0.286. The summed E-state index contributed by atoms with van der Waals surface area (Å²) >= 11 is 0. The van der Waals surface area contributed by atoms with Crippen molar-refractivity contribution < 1.29 is 4.39 Å². The lowest BCUT2D eigenvalue weighted by atomic mass is 9.96. The van der Waals surface area contributed by atoms with Crippen LogP contribution >= 0.6 is 0 Å². The predicted molar refractivity (Wildman–Crippen MR) is 95.9 cm³/mol. The van der Waals surface area contributed by atoms with Crippen LogP contribution in [-0.4, -0.2) is 15.0 Å². The van der Waals surface area contributed by atoms with E-state index in [4.69, 9.17) is 0 Å². The second-order valence-electron chi connectivity index (χ2n) is 6.65. The number of nitrogens with zero attached hydrogens (tertiary/aromatic N) is 3. The summed E-state index contributed by atoms with van der Waals surface area (Å²) in [7, 11) is 0. The van der Waals surface area contributed by atoms with Crippen molar-refractivity contribution >= 4 is 0 Å². The molecule has 126 valence electrons. The van der Waals surface area contributed by atoms with Gasteiger partial charge in [-0.15, -0.1) is 0 Å². The molecular weight excluding hydrogens is 313 g/mol. The first-order valence-electron chi connectivity index (χ1n) is 8.69. The molecule has 2 atom stereocenters. The molecule has 0 bridgehead atoms. The maximum atomic E-state index is 13.8. The first-order valence-corrected chi connectivity index (χ1v) is 8.69. The zero-order valence-electron chi connectivity index (χ0n) is 14.4. The van der Waals surface area contributed by atoms with Gasteiger partial charge >= 0.3 is 0 Å². The summed E-state index contributed by atoms with van der Waals surface area (Å²) in [4.78, 5) is 13.0. The zero-order chi connectivity index (χ0) is 17.4. The maximum absolute atomic E-state index is 13.8. The minimum atomic E-state index is -0.105. The number of aromatic nitrogens is 3. The highest BCUT2D eigenvalue weighted by atomic mass is 19.1. The van der Waals surface area contributed by atoms with E-state index in [0.29, 0.717) is 17.7 Å². The second kappa shape index (κ2) is 6.36. The number of benzene rings is 1. The van der Waals surface area contributed by atoms with Crippen LogP contribution in [0.5, 0.6) is 0 Å². The van der Waals surface area contributed by atoms with Gasteiger partial charge in [0.1, 0.15) is 11.5 Å². The molecule has 1 aliphatic rings. The number of hydrogen-bond acceptors (Lipinski definition) is 3. The van der Waals surface area contributed by atoms with Crippen molar-refractivity contribution in [1.29, 1.82) is 0 Å². The summed E-state index contributed by atoms with van der Waals surface area (Å²) in [5, 5.41) is 0. The Kier molecular flexibility index (Phi) is 4.04. The van der Waals surface area contributed by atoms with E-state index in [1.54, 1.807) is 24.5 Å². The number of aryl methyl sites for hydroxylation is 2. The first-order chi connectivity index (χ1) is 12.2. The third-order valence-electron chi connectivity index (χ3n) is 5.00. The van der Waals surface area contributed by atoms with Gasteiger partial charge in [0.2, 0.25) is 0 Å². The van der Waals surface area contributed by atoms with Crippen LogP contribution in [0.25, 0.3) is 11.5 Å². The van der Waals surface area contributed by atoms with Crippen LogP contribution in [0.1, 0.15) is 47.4 Å². The van der Waals surface area contributed by atoms with Gasteiger partial charge in [0.15, 0.2) is 5.82 Å². The third kappa shape index (κ3) is 3.04. The molecule has 0 amide bonds.